The summed E-state index contributed by atoms with van der Waals surface area (Å²) in [5.74, 6) is -1.25. The summed E-state index contributed by atoms with van der Waals surface area (Å²) in [6.45, 7) is 5.70. The van der Waals surface area contributed by atoms with Crippen LogP contribution in [0.4, 0.5) is 5.69 Å². The SMILES string of the molecule is COC[C@H]1CN(c2cc(Cl)c3c4c(c(=O)oc3c2C)CN(C(=O)c2ccc(C(=O)NS(=O)(=O)N3CCC[C@@H]3COC)c(OC)c2)CC4)CCN1C. The lowest BCUT2D eigenvalue weighted by Crippen LogP contribution is -2.53. The Kier molecular flexibility index (Phi) is 11.0. The lowest BCUT2D eigenvalue weighted by atomic mass is 9.95. The lowest BCUT2D eigenvalue weighted by molar-refractivity contribution is 0.0732. The Morgan fingerprint density at radius 2 is 1.76 bits per heavy atom. The largest absolute Gasteiger partial charge is 0.496 e. The number of fused-ring (bicyclic) bond motifs is 3. The second-order valence-electron chi connectivity index (χ2n) is 13.3. The van der Waals surface area contributed by atoms with Crippen LogP contribution in [0.15, 0.2) is 33.5 Å². The van der Waals surface area contributed by atoms with Gasteiger partial charge in [-0.3, -0.25) is 14.5 Å². The van der Waals surface area contributed by atoms with Crippen LogP contribution in [0.25, 0.3) is 11.0 Å². The van der Waals surface area contributed by atoms with Gasteiger partial charge in [0.25, 0.3) is 11.8 Å². The number of nitrogens with one attached hydrogen (secondary N) is 1. The quantitative estimate of drug-likeness (QED) is 0.305. The fourth-order valence-corrected chi connectivity index (χ4v) is 9.14. The van der Waals surface area contributed by atoms with Crippen molar-refractivity contribution in [2.75, 3.05) is 79.2 Å². The highest BCUT2D eigenvalue weighted by Gasteiger charge is 2.36. The van der Waals surface area contributed by atoms with Gasteiger partial charge in [-0.05, 0) is 63.1 Å². The average Bonchev–Trinajstić information content (AvgIpc) is 3.59. The molecular weight excluding hydrogens is 702 g/mol. The third-order valence-corrected chi connectivity index (χ3v) is 12.1. The van der Waals surface area contributed by atoms with Gasteiger partial charge in [0.1, 0.15) is 11.3 Å². The van der Waals surface area contributed by atoms with Gasteiger partial charge in [-0.25, -0.2) is 9.52 Å². The molecule has 3 aromatic rings. The first-order valence-corrected chi connectivity index (χ1v) is 18.7. The summed E-state index contributed by atoms with van der Waals surface area (Å²) in [4.78, 5) is 46.4. The summed E-state index contributed by atoms with van der Waals surface area (Å²) in [5.41, 5.74) is 2.93. The van der Waals surface area contributed by atoms with E-state index in [9.17, 15) is 22.8 Å². The van der Waals surface area contributed by atoms with Gasteiger partial charge in [0.2, 0.25) is 0 Å². The van der Waals surface area contributed by atoms with Crippen LogP contribution in [0, 0.1) is 6.92 Å². The van der Waals surface area contributed by atoms with E-state index in [2.05, 4.69) is 21.6 Å². The number of anilines is 1. The molecule has 0 unspecified atom stereocenters. The number of nitrogens with zero attached hydrogens (tertiary/aromatic N) is 4. The van der Waals surface area contributed by atoms with E-state index < -0.39 is 27.6 Å². The Labute approximate surface area is 302 Å². The Morgan fingerprint density at radius 3 is 2.49 bits per heavy atom. The molecule has 2 amide bonds. The highest BCUT2D eigenvalue weighted by molar-refractivity contribution is 7.87. The molecule has 2 fully saturated rings. The van der Waals surface area contributed by atoms with Crippen LogP contribution in [0.5, 0.6) is 5.75 Å². The number of hydrogen-bond acceptors (Lipinski definition) is 11. The molecule has 51 heavy (non-hydrogen) atoms. The summed E-state index contributed by atoms with van der Waals surface area (Å²) in [6.07, 6.45) is 1.66. The predicted molar refractivity (Wildman–Crippen MR) is 192 cm³/mol. The number of halogens is 1. The van der Waals surface area contributed by atoms with Crippen molar-refractivity contribution in [3.05, 3.63) is 67.5 Å². The molecule has 2 aromatic carbocycles. The maximum absolute atomic E-state index is 13.7. The smallest absolute Gasteiger partial charge is 0.341 e. The highest BCUT2D eigenvalue weighted by Crippen LogP contribution is 2.38. The minimum atomic E-state index is -4.15. The Hall–Kier alpha value is -3.73. The molecule has 276 valence electrons. The van der Waals surface area contributed by atoms with Crippen LogP contribution < -0.4 is 20.0 Å². The molecule has 0 saturated carbocycles. The number of ether oxygens (including phenoxy) is 3. The molecule has 6 rings (SSSR count). The number of hydrogen-bond donors (Lipinski definition) is 1. The van der Waals surface area contributed by atoms with Gasteiger partial charge in [0.05, 0.1) is 49.1 Å². The van der Waals surface area contributed by atoms with Gasteiger partial charge >= 0.3 is 15.8 Å². The van der Waals surface area contributed by atoms with Crippen LogP contribution in [-0.4, -0.2) is 121 Å². The molecule has 2 atom stereocenters. The summed E-state index contributed by atoms with van der Waals surface area (Å²) in [7, 11) is 2.44. The molecule has 3 aliphatic rings. The molecule has 16 heteroatoms. The first-order chi connectivity index (χ1) is 24.4. The standard InChI is InChI=1S/C35H44ClN5O9S/c1-21-29(39-14-13-38(2)24(17-39)20-48-4)16-28(36)31-25-10-12-40(18-27(25)35(44)50-32(21)31)34(43)22-8-9-26(30(15-22)49-5)33(42)37-51(45,46)41-11-6-7-23(41)19-47-3/h8-9,15-16,23-24H,6-7,10-14,17-20H2,1-5H3,(H,37,42)/t23-,24-/m1/s1. The van der Waals surface area contributed by atoms with Crippen molar-refractivity contribution in [1.29, 1.82) is 0 Å². The van der Waals surface area contributed by atoms with E-state index in [1.54, 1.807) is 7.11 Å². The second kappa shape index (κ2) is 15.1. The summed E-state index contributed by atoms with van der Waals surface area (Å²) in [6, 6.07) is 5.95. The number of likely N-dealkylation sites (N-methyl/N-ethyl adjacent to an activating group) is 1. The highest BCUT2D eigenvalue weighted by atomic mass is 35.5. The summed E-state index contributed by atoms with van der Waals surface area (Å²) in [5, 5.41) is 1.16. The molecule has 1 N–H and O–H groups in total. The zero-order valence-electron chi connectivity index (χ0n) is 29.5. The monoisotopic (exact) mass is 745 g/mol. The number of piperazine rings is 1. The Morgan fingerprint density at radius 1 is 1.02 bits per heavy atom. The summed E-state index contributed by atoms with van der Waals surface area (Å²) >= 11 is 6.94. The molecular formula is C35H44ClN5O9S. The third-order valence-electron chi connectivity index (χ3n) is 10.2. The fraction of sp³-hybridized carbons (Fsp3) is 0.514. The third kappa shape index (κ3) is 7.19. The first kappa shape index (κ1) is 37.0. The van der Waals surface area contributed by atoms with Gasteiger partial charge in [-0.15, -0.1) is 0 Å². The van der Waals surface area contributed by atoms with Crippen LogP contribution in [0.3, 0.4) is 0 Å². The van der Waals surface area contributed by atoms with Crippen LogP contribution >= 0.6 is 11.6 Å². The molecule has 0 spiro atoms. The van der Waals surface area contributed by atoms with Crippen molar-refractivity contribution >= 4 is 50.3 Å². The van der Waals surface area contributed by atoms with E-state index in [0.29, 0.717) is 54.0 Å². The number of amides is 2. The zero-order valence-corrected chi connectivity index (χ0v) is 31.1. The normalized spacial score (nSPS) is 20.1. The van der Waals surface area contributed by atoms with Crippen LogP contribution in [0.2, 0.25) is 5.02 Å². The molecule has 14 nitrogen and oxygen atoms in total. The van der Waals surface area contributed by atoms with Crippen molar-refractivity contribution in [2.24, 2.45) is 0 Å². The topological polar surface area (TPSA) is 151 Å². The minimum absolute atomic E-state index is 0.00198. The predicted octanol–water partition coefficient (Wildman–Crippen LogP) is 2.81. The molecule has 0 bridgehead atoms. The zero-order chi connectivity index (χ0) is 36.6. The van der Waals surface area contributed by atoms with Gasteiger partial charge in [-0.1, -0.05) is 11.6 Å². The number of rotatable bonds is 10. The number of benzene rings is 2. The number of carbonyl (C=O) groups is 2. The van der Waals surface area contributed by atoms with Crippen LogP contribution in [0.1, 0.15) is 50.2 Å². The first-order valence-electron chi connectivity index (χ1n) is 16.9. The minimum Gasteiger partial charge on any atom is -0.496 e. The number of aryl methyl sites for hydroxylation is 1. The van der Waals surface area contributed by atoms with Crippen LogP contribution in [-0.2, 0) is 32.6 Å². The van der Waals surface area contributed by atoms with E-state index in [4.69, 9.17) is 30.2 Å². The van der Waals surface area contributed by atoms with Crippen molar-refractivity contribution in [3.8, 4) is 5.75 Å². The summed E-state index contributed by atoms with van der Waals surface area (Å²) < 4.78 is 51.4. The lowest BCUT2D eigenvalue weighted by Gasteiger charge is -2.41. The van der Waals surface area contributed by atoms with Crippen molar-refractivity contribution in [2.45, 2.75) is 44.8 Å². The van der Waals surface area contributed by atoms with Crippen molar-refractivity contribution < 1.29 is 36.6 Å². The van der Waals surface area contributed by atoms with E-state index in [1.807, 2.05) is 13.0 Å². The van der Waals surface area contributed by atoms with Gasteiger partial charge < -0.3 is 28.4 Å². The molecule has 3 aliphatic heterocycles. The van der Waals surface area contributed by atoms with E-state index >= 15 is 0 Å². The maximum atomic E-state index is 13.7. The van der Waals surface area contributed by atoms with Crippen molar-refractivity contribution in [3.63, 3.8) is 0 Å². The fourth-order valence-electron chi connectivity index (χ4n) is 7.45. The van der Waals surface area contributed by atoms with E-state index in [1.165, 1.54) is 41.6 Å². The number of carbonyl (C=O) groups excluding carboxylic acids is 2. The second-order valence-corrected chi connectivity index (χ2v) is 15.3. The molecule has 0 radical (unpaired) electrons. The number of methoxy groups -OCH3 is 3. The van der Waals surface area contributed by atoms with E-state index in [-0.39, 0.29) is 48.7 Å². The van der Waals surface area contributed by atoms with Gasteiger partial charge in [0.15, 0.2) is 0 Å². The van der Waals surface area contributed by atoms with Crippen molar-refractivity contribution in [1.82, 2.24) is 18.8 Å². The maximum Gasteiger partial charge on any atom is 0.341 e. The molecule has 1 aromatic heterocycles. The Bertz CT molecular complexity index is 2010. The van der Waals surface area contributed by atoms with Gasteiger partial charge in [-0.2, -0.15) is 12.7 Å². The molecule has 0 aliphatic carbocycles. The Balaban J connectivity index is 1.22. The van der Waals surface area contributed by atoms with E-state index in [0.717, 1.165) is 36.4 Å². The molecule has 4 heterocycles. The van der Waals surface area contributed by atoms with Gasteiger partial charge in [0, 0.05) is 75.2 Å². The average molecular weight is 746 g/mol. The molecule has 2 saturated heterocycles.